The van der Waals surface area contributed by atoms with Gasteiger partial charge in [-0.1, -0.05) is 30.7 Å². The lowest BCUT2D eigenvalue weighted by molar-refractivity contribution is 0.198. The van der Waals surface area contributed by atoms with E-state index < -0.39 is 0 Å². The maximum atomic E-state index is 13.7. The van der Waals surface area contributed by atoms with Gasteiger partial charge in [-0.05, 0) is 32.0 Å². The molecule has 0 aromatic heterocycles. The molecule has 1 unspecified atom stereocenters. The maximum absolute atomic E-state index is 13.7. The average Bonchev–Trinajstić information content (AvgIpc) is 2.41. The predicted octanol–water partition coefficient (Wildman–Crippen LogP) is 3.05. The van der Waals surface area contributed by atoms with Crippen LogP contribution in [0.25, 0.3) is 0 Å². The number of hydrogen-bond acceptors (Lipinski definition) is 2. The van der Waals surface area contributed by atoms with Gasteiger partial charge in [0, 0.05) is 24.7 Å². The predicted molar refractivity (Wildman–Crippen MR) is 73.4 cm³/mol. The first-order valence-electron chi connectivity index (χ1n) is 6.59. The summed E-state index contributed by atoms with van der Waals surface area (Å²) >= 11 is 5.77. The molecule has 0 amide bonds. The zero-order valence-electron chi connectivity index (χ0n) is 10.8. The van der Waals surface area contributed by atoms with Crippen molar-refractivity contribution in [2.24, 2.45) is 0 Å². The molecule has 2 nitrogen and oxygen atoms in total. The molecule has 1 aliphatic rings. The van der Waals surface area contributed by atoms with Crippen LogP contribution >= 0.6 is 11.6 Å². The minimum atomic E-state index is -0.296. The number of likely N-dealkylation sites (N-methyl/N-ethyl adjacent to an activating group) is 1. The van der Waals surface area contributed by atoms with Crippen LogP contribution in [0, 0.1) is 5.82 Å². The minimum Gasteiger partial charge on any atom is -0.309 e. The summed E-state index contributed by atoms with van der Waals surface area (Å²) in [5.41, 5.74) is 0.649. The molecule has 1 heterocycles. The summed E-state index contributed by atoms with van der Waals surface area (Å²) in [7, 11) is 0. The maximum Gasteiger partial charge on any atom is 0.146 e. The molecule has 18 heavy (non-hydrogen) atoms. The van der Waals surface area contributed by atoms with Crippen LogP contribution in [0.1, 0.15) is 25.3 Å². The second kappa shape index (κ2) is 6.50. The molecule has 0 saturated carbocycles. The highest BCUT2D eigenvalue weighted by Gasteiger charge is 2.18. The molecule has 2 rings (SSSR count). The molecule has 0 aliphatic carbocycles. The highest BCUT2D eigenvalue weighted by molar-refractivity contribution is 6.30. The van der Waals surface area contributed by atoms with Gasteiger partial charge in [-0.25, -0.2) is 4.39 Å². The minimum absolute atomic E-state index is 0.202. The van der Waals surface area contributed by atoms with E-state index >= 15 is 0 Å². The molecule has 0 spiro atoms. The van der Waals surface area contributed by atoms with Crippen LogP contribution in [-0.2, 0) is 6.54 Å². The normalized spacial score (nSPS) is 21.2. The van der Waals surface area contributed by atoms with Gasteiger partial charge >= 0.3 is 0 Å². The van der Waals surface area contributed by atoms with Crippen LogP contribution in [-0.4, -0.2) is 30.6 Å². The molecule has 4 heteroatoms. The lowest BCUT2D eigenvalue weighted by atomic mass is 10.1. The molecule has 0 bridgehead atoms. The van der Waals surface area contributed by atoms with Gasteiger partial charge in [0.05, 0.1) is 5.02 Å². The fourth-order valence-corrected chi connectivity index (χ4v) is 2.64. The zero-order valence-corrected chi connectivity index (χ0v) is 11.5. The Morgan fingerprint density at radius 1 is 1.50 bits per heavy atom. The van der Waals surface area contributed by atoms with Crippen molar-refractivity contribution in [3.63, 3.8) is 0 Å². The number of nitrogens with zero attached hydrogens (tertiary/aromatic N) is 1. The van der Waals surface area contributed by atoms with E-state index in [-0.39, 0.29) is 10.8 Å². The van der Waals surface area contributed by atoms with E-state index in [4.69, 9.17) is 11.6 Å². The van der Waals surface area contributed by atoms with Crippen molar-refractivity contribution >= 4 is 11.6 Å². The first-order chi connectivity index (χ1) is 8.70. The van der Waals surface area contributed by atoms with E-state index in [0.29, 0.717) is 18.2 Å². The van der Waals surface area contributed by atoms with Crippen molar-refractivity contribution < 1.29 is 4.39 Å². The van der Waals surface area contributed by atoms with E-state index in [1.54, 1.807) is 18.2 Å². The molecule has 1 aliphatic heterocycles. The van der Waals surface area contributed by atoms with Crippen molar-refractivity contribution in [1.82, 2.24) is 10.2 Å². The quantitative estimate of drug-likeness (QED) is 0.905. The van der Waals surface area contributed by atoms with Crippen LogP contribution < -0.4 is 5.32 Å². The van der Waals surface area contributed by atoms with E-state index in [2.05, 4.69) is 17.1 Å². The Morgan fingerprint density at radius 2 is 2.33 bits per heavy atom. The summed E-state index contributed by atoms with van der Waals surface area (Å²) in [5, 5.41) is 3.63. The molecular weight excluding hydrogens is 251 g/mol. The molecular formula is C14H20ClFN2. The van der Waals surface area contributed by atoms with Gasteiger partial charge in [-0.15, -0.1) is 0 Å². The Hall–Kier alpha value is -0.640. The van der Waals surface area contributed by atoms with Crippen molar-refractivity contribution in [2.75, 3.05) is 19.6 Å². The monoisotopic (exact) mass is 270 g/mol. The molecule has 0 radical (unpaired) electrons. The Kier molecular flexibility index (Phi) is 4.98. The Labute approximate surface area is 113 Å². The summed E-state index contributed by atoms with van der Waals surface area (Å²) < 4.78 is 13.7. The van der Waals surface area contributed by atoms with E-state index in [9.17, 15) is 4.39 Å². The molecule has 1 aromatic carbocycles. The van der Waals surface area contributed by atoms with Crippen molar-refractivity contribution in [3.05, 3.63) is 34.6 Å². The number of rotatable bonds is 4. The van der Waals surface area contributed by atoms with Gasteiger partial charge in [0.2, 0.25) is 0 Å². The SMILES string of the molecule is CCN1CCCC(NCc2cccc(Cl)c2F)C1. The van der Waals surface area contributed by atoms with Crippen LogP contribution in [0.5, 0.6) is 0 Å². The fraction of sp³-hybridized carbons (Fsp3) is 0.571. The first-order valence-corrected chi connectivity index (χ1v) is 6.97. The standard InChI is InChI=1S/C14H20ClFN2/c1-2-18-8-4-6-12(10-18)17-9-11-5-3-7-13(15)14(11)16/h3,5,7,12,17H,2,4,6,8-10H2,1H3. The summed E-state index contributed by atoms with van der Waals surface area (Å²) in [5.74, 6) is -0.296. The first kappa shape index (κ1) is 13.8. The lowest BCUT2D eigenvalue weighted by Gasteiger charge is -2.32. The summed E-state index contributed by atoms with van der Waals surface area (Å²) in [6.45, 7) is 6.05. The number of benzene rings is 1. The van der Waals surface area contributed by atoms with Gasteiger partial charge in [0.1, 0.15) is 5.82 Å². The number of hydrogen-bond donors (Lipinski definition) is 1. The second-order valence-electron chi connectivity index (χ2n) is 4.83. The summed E-state index contributed by atoms with van der Waals surface area (Å²) in [6, 6.07) is 5.62. The largest absolute Gasteiger partial charge is 0.309 e. The van der Waals surface area contributed by atoms with Gasteiger partial charge in [0.15, 0.2) is 0 Å². The van der Waals surface area contributed by atoms with Crippen molar-refractivity contribution in [2.45, 2.75) is 32.4 Å². The lowest BCUT2D eigenvalue weighted by Crippen LogP contribution is -2.45. The number of halogens is 2. The molecule has 100 valence electrons. The second-order valence-corrected chi connectivity index (χ2v) is 5.23. The van der Waals surface area contributed by atoms with Crippen molar-refractivity contribution in [3.8, 4) is 0 Å². The van der Waals surface area contributed by atoms with Crippen LogP contribution in [0.3, 0.4) is 0 Å². The third-order valence-electron chi connectivity index (χ3n) is 3.57. The van der Waals surface area contributed by atoms with Gasteiger partial charge in [-0.3, -0.25) is 0 Å². The topological polar surface area (TPSA) is 15.3 Å². The molecule has 1 atom stereocenters. The van der Waals surface area contributed by atoms with E-state index in [1.165, 1.54) is 19.4 Å². The zero-order chi connectivity index (χ0) is 13.0. The highest BCUT2D eigenvalue weighted by Crippen LogP contribution is 2.18. The number of nitrogens with one attached hydrogen (secondary N) is 1. The third kappa shape index (κ3) is 3.44. The molecule has 1 N–H and O–H groups in total. The summed E-state index contributed by atoms with van der Waals surface area (Å²) in [6.07, 6.45) is 2.38. The Balaban J connectivity index is 1.89. The third-order valence-corrected chi connectivity index (χ3v) is 3.86. The van der Waals surface area contributed by atoms with Crippen LogP contribution in [0.4, 0.5) is 4.39 Å². The van der Waals surface area contributed by atoms with Gasteiger partial charge < -0.3 is 10.2 Å². The number of likely N-dealkylation sites (tertiary alicyclic amines) is 1. The fourth-order valence-electron chi connectivity index (χ4n) is 2.45. The van der Waals surface area contributed by atoms with Crippen LogP contribution in [0.2, 0.25) is 5.02 Å². The summed E-state index contributed by atoms with van der Waals surface area (Å²) in [4.78, 5) is 2.43. The average molecular weight is 271 g/mol. The molecule has 1 saturated heterocycles. The van der Waals surface area contributed by atoms with E-state index in [1.807, 2.05) is 0 Å². The number of piperidine rings is 1. The smallest absolute Gasteiger partial charge is 0.146 e. The van der Waals surface area contributed by atoms with Gasteiger partial charge in [-0.2, -0.15) is 0 Å². The van der Waals surface area contributed by atoms with Crippen LogP contribution in [0.15, 0.2) is 18.2 Å². The van der Waals surface area contributed by atoms with Gasteiger partial charge in [0.25, 0.3) is 0 Å². The molecule has 1 fully saturated rings. The Morgan fingerprint density at radius 3 is 3.11 bits per heavy atom. The molecule has 1 aromatic rings. The Bertz CT molecular complexity index is 397. The highest BCUT2D eigenvalue weighted by atomic mass is 35.5. The van der Waals surface area contributed by atoms with Crippen molar-refractivity contribution in [1.29, 1.82) is 0 Å². The van der Waals surface area contributed by atoms with E-state index in [0.717, 1.165) is 13.1 Å².